The highest BCUT2D eigenvalue weighted by molar-refractivity contribution is 5.42. The first-order valence-electron chi connectivity index (χ1n) is 11.7. The number of benzene rings is 1. The van der Waals surface area contributed by atoms with Gasteiger partial charge in [-0.2, -0.15) is 0 Å². The van der Waals surface area contributed by atoms with E-state index >= 15 is 0 Å². The summed E-state index contributed by atoms with van der Waals surface area (Å²) in [6.45, 7) is 11.4. The molecule has 1 atom stereocenters. The van der Waals surface area contributed by atoms with Gasteiger partial charge in [-0.3, -0.25) is 9.69 Å². The highest BCUT2D eigenvalue weighted by atomic mass is 16.5. The Morgan fingerprint density at radius 2 is 1.82 bits per heavy atom. The van der Waals surface area contributed by atoms with Gasteiger partial charge >= 0.3 is 0 Å². The topological polar surface area (TPSA) is 71.1 Å². The van der Waals surface area contributed by atoms with E-state index in [1.54, 1.807) is 16.9 Å². The van der Waals surface area contributed by atoms with Crippen LogP contribution in [0.5, 0.6) is 11.5 Å². The van der Waals surface area contributed by atoms with Crippen molar-refractivity contribution < 1.29 is 14.3 Å². The summed E-state index contributed by atoms with van der Waals surface area (Å²) in [7, 11) is 0. The molecule has 33 heavy (non-hydrogen) atoms. The minimum atomic E-state index is -0.351. The molecule has 1 aliphatic heterocycles. The smallest absolute Gasteiger partial charge is 0.260 e. The Labute approximate surface area is 194 Å². The van der Waals surface area contributed by atoms with Crippen LogP contribution in [0.1, 0.15) is 42.5 Å². The lowest BCUT2D eigenvalue weighted by molar-refractivity contribution is 0.111. The molecule has 1 aromatic carbocycles. The van der Waals surface area contributed by atoms with Crippen molar-refractivity contribution in [3.63, 3.8) is 0 Å². The maximum absolute atomic E-state index is 13.8. The quantitative estimate of drug-likeness (QED) is 0.564. The molecule has 0 amide bonds. The number of pyridine rings is 1. The van der Waals surface area contributed by atoms with Crippen LogP contribution in [0.25, 0.3) is 0 Å². The van der Waals surface area contributed by atoms with Crippen molar-refractivity contribution in [3.8, 4) is 11.5 Å². The van der Waals surface area contributed by atoms with Crippen molar-refractivity contribution in [2.45, 2.75) is 33.4 Å². The van der Waals surface area contributed by atoms with Gasteiger partial charge < -0.3 is 23.7 Å². The Bertz CT molecular complexity index is 1100. The molecule has 7 heteroatoms. The number of nitrogens with zero attached hydrogens (tertiary/aromatic N) is 3. The number of aromatic nitrogens is 1. The molecule has 0 bridgehead atoms. The van der Waals surface area contributed by atoms with Crippen LogP contribution in [0.15, 0.2) is 57.9 Å². The van der Waals surface area contributed by atoms with Gasteiger partial charge in [0.2, 0.25) is 0 Å². The van der Waals surface area contributed by atoms with E-state index in [0.29, 0.717) is 30.2 Å². The molecule has 176 valence electrons. The van der Waals surface area contributed by atoms with Gasteiger partial charge in [-0.1, -0.05) is 19.1 Å². The Morgan fingerprint density at radius 1 is 1.09 bits per heavy atom. The standard InChI is InChI=1S/C26H33N3O4/c1-4-27-12-14-28(15-13-27)25(20-8-10-21(11-9-20)32-5-2)24-23(30)17-19(3)29(26(24)31)18-22-7-6-16-33-22/h6-11,16-17,25,30H,4-5,12-15,18H2,1-3H3. The van der Waals surface area contributed by atoms with Gasteiger partial charge in [0.05, 0.1) is 31.0 Å². The largest absolute Gasteiger partial charge is 0.507 e. The molecule has 4 rings (SSSR count). The summed E-state index contributed by atoms with van der Waals surface area (Å²) < 4.78 is 12.8. The third-order valence-electron chi connectivity index (χ3n) is 6.42. The molecular weight excluding hydrogens is 418 g/mol. The Balaban J connectivity index is 1.78. The molecule has 3 heterocycles. The Morgan fingerprint density at radius 3 is 2.42 bits per heavy atom. The average Bonchev–Trinajstić information content (AvgIpc) is 3.34. The number of hydrogen-bond acceptors (Lipinski definition) is 6. The van der Waals surface area contributed by atoms with Crippen molar-refractivity contribution in [2.24, 2.45) is 0 Å². The van der Waals surface area contributed by atoms with Crippen LogP contribution < -0.4 is 10.3 Å². The number of furan rings is 1. The zero-order valence-corrected chi connectivity index (χ0v) is 19.7. The lowest BCUT2D eigenvalue weighted by Crippen LogP contribution is -2.48. The lowest BCUT2D eigenvalue weighted by Gasteiger charge is -2.39. The molecule has 0 aliphatic carbocycles. The van der Waals surface area contributed by atoms with E-state index in [1.807, 2.05) is 50.2 Å². The van der Waals surface area contributed by atoms with Crippen LogP contribution in [0, 0.1) is 6.92 Å². The summed E-state index contributed by atoms with van der Waals surface area (Å²) in [4.78, 5) is 18.5. The maximum atomic E-state index is 13.8. The summed E-state index contributed by atoms with van der Waals surface area (Å²) in [6, 6.07) is 12.9. The molecule has 7 nitrogen and oxygen atoms in total. The zero-order chi connectivity index (χ0) is 23.4. The first-order valence-corrected chi connectivity index (χ1v) is 11.7. The summed E-state index contributed by atoms with van der Waals surface area (Å²) in [5.41, 5.74) is 1.87. The van der Waals surface area contributed by atoms with Gasteiger partial charge in [0, 0.05) is 31.9 Å². The number of aromatic hydroxyl groups is 1. The number of likely N-dealkylation sites (N-methyl/N-ethyl adjacent to an activating group) is 1. The number of piperazine rings is 1. The predicted molar refractivity (Wildman–Crippen MR) is 128 cm³/mol. The maximum Gasteiger partial charge on any atom is 0.260 e. The third-order valence-corrected chi connectivity index (χ3v) is 6.42. The van der Waals surface area contributed by atoms with Gasteiger partial charge in [-0.05, 0) is 56.3 Å². The van der Waals surface area contributed by atoms with Crippen LogP contribution in [0.3, 0.4) is 0 Å². The van der Waals surface area contributed by atoms with Gasteiger partial charge in [0.15, 0.2) is 0 Å². The first-order chi connectivity index (χ1) is 16.0. The van der Waals surface area contributed by atoms with Gasteiger partial charge in [-0.25, -0.2) is 0 Å². The van der Waals surface area contributed by atoms with E-state index < -0.39 is 0 Å². The fourth-order valence-electron chi connectivity index (χ4n) is 4.59. The molecular formula is C26H33N3O4. The van der Waals surface area contributed by atoms with Gasteiger partial charge in [-0.15, -0.1) is 0 Å². The van der Waals surface area contributed by atoms with Crippen molar-refractivity contribution in [1.82, 2.24) is 14.4 Å². The number of ether oxygens (including phenoxy) is 1. The fourth-order valence-corrected chi connectivity index (χ4v) is 4.59. The van der Waals surface area contributed by atoms with Crippen LogP contribution >= 0.6 is 0 Å². The Kier molecular flexibility index (Phi) is 7.20. The molecule has 3 aromatic rings. The normalized spacial score (nSPS) is 16.1. The molecule has 0 radical (unpaired) electrons. The SMILES string of the molecule is CCOc1ccc(C(c2c(O)cc(C)n(Cc3ccco3)c2=O)N2CCN(CC)CC2)cc1. The van der Waals surface area contributed by atoms with Crippen molar-refractivity contribution in [2.75, 3.05) is 39.3 Å². The average molecular weight is 452 g/mol. The van der Waals surface area contributed by atoms with Crippen LogP contribution in [-0.2, 0) is 6.54 Å². The predicted octanol–water partition coefficient (Wildman–Crippen LogP) is 3.63. The van der Waals surface area contributed by atoms with E-state index in [-0.39, 0.29) is 17.4 Å². The van der Waals surface area contributed by atoms with E-state index in [9.17, 15) is 9.90 Å². The molecule has 2 aromatic heterocycles. The summed E-state index contributed by atoms with van der Waals surface area (Å²) >= 11 is 0. The van der Waals surface area contributed by atoms with Gasteiger partial charge in [0.1, 0.15) is 17.3 Å². The molecule has 0 saturated carbocycles. The van der Waals surface area contributed by atoms with Crippen molar-refractivity contribution in [3.05, 3.63) is 81.7 Å². The van der Waals surface area contributed by atoms with Crippen molar-refractivity contribution >= 4 is 0 Å². The number of aryl methyl sites for hydroxylation is 1. The zero-order valence-electron chi connectivity index (χ0n) is 19.7. The van der Waals surface area contributed by atoms with Gasteiger partial charge in [0.25, 0.3) is 5.56 Å². The molecule has 1 saturated heterocycles. The minimum Gasteiger partial charge on any atom is -0.507 e. The first kappa shape index (κ1) is 23.1. The molecule has 1 N–H and O–H groups in total. The second-order valence-corrected chi connectivity index (χ2v) is 8.43. The molecule has 1 fully saturated rings. The number of hydrogen-bond donors (Lipinski definition) is 1. The molecule has 0 spiro atoms. The van der Waals surface area contributed by atoms with Crippen LogP contribution in [-0.4, -0.2) is 58.8 Å². The second kappa shape index (κ2) is 10.3. The van der Waals surface area contributed by atoms with E-state index in [0.717, 1.165) is 44.0 Å². The highest BCUT2D eigenvalue weighted by Gasteiger charge is 2.31. The van der Waals surface area contributed by atoms with Crippen LogP contribution in [0.2, 0.25) is 0 Å². The molecule has 1 unspecified atom stereocenters. The highest BCUT2D eigenvalue weighted by Crippen LogP contribution is 2.34. The Hall–Kier alpha value is -3.03. The lowest BCUT2D eigenvalue weighted by atomic mass is 9.95. The summed E-state index contributed by atoms with van der Waals surface area (Å²) in [5, 5.41) is 11.0. The van der Waals surface area contributed by atoms with E-state index in [4.69, 9.17) is 9.15 Å². The van der Waals surface area contributed by atoms with Crippen LogP contribution in [0.4, 0.5) is 0 Å². The van der Waals surface area contributed by atoms with E-state index in [1.165, 1.54) is 0 Å². The van der Waals surface area contributed by atoms with E-state index in [2.05, 4.69) is 16.7 Å². The van der Waals surface area contributed by atoms with Crippen molar-refractivity contribution in [1.29, 1.82) is 0 Å². The summed E-state index contributed by atoms with van der Waals surface area (Å²) in [5.74, 6) is 1.52. The fraction of sp³-hybridized carbons (Fsp3) is 0.423. The minimum absolute atomic E-state index is 0.0324. The molecule has 1 aliphatic rings. The third kappa shape index (κ3) is 4.99. The second-order valence-electron chi connectivity index (χ2n) is 8.43. The number of rotatable bonds is 8. The monoisotopic (exact) mass is 451 g/mol. The summed E-state index contributed by atoms with van der Waals surface area (Å²) in [6.07, 6.45) is 1.60.